The molecule has 0 atom stereocenters. The molecule has 23 heavy (non-hydrogen) atoms. The van der Waals surface area contributed by atoms with Gasteiger partial charge in [0.1, 0.15) is 0 Å². The Labute approximate surface area is 133 Å². The van der Waals surface area contributed by atoms with E-state index in [4.69, 9.17) is 4.74 Å². The number of nitrogens with one attached hydrogen (secondary N) is 2. The first-order chi connectivity index (χ1) is 10.9. The molecule has 1 saturated carbocycles. The van der Waals surface area contributed by atoms with E-state index in [0.29, 0.717) is 44.6 Å². The fourth-order valence-corrected chi connectivity index (χ4v) is 2.50. The largest absolute Gasteiger partial charge is 0.416 e. The van der Waals surface area contributed by atoms with Crippen molar-refractivity contribution in [3.63, 3.8) is 0 Å². The number of hydrogen-bond acceptors (Lipinski definition) is 3. The molecule has 0 aliphatic heterocycles. The van der Waals surface area contributed by atoms with E-state index >= 15 is 0 Å². The van der Waals surface area contributed by atoms with Crippen LogP contribution in [-0.4, -0.2) is 39.3 Å². The van der Waals surface area contributed by atoms with E-state index in [9.17, 15) is 18.0 Å². The summed E-state index contributed by atoms with van der Waals surface area (Å²) in [5.41, 5.74) is -1.07. The summed E-state index contributed by atoms with van der Waals surface area (Å²) >= 11 is 0. The first kappa shape index (κ1) is 17.7. The van der Waals surface area contributed by atoms with Crippen LogP contribution in [-0.2, 0) is 21.1 Å². The number of alkyl halides is 3. The van der Waals surface area contributed by atoms with Crippen LogP contribution in [0.1, 0.15) is 24.0 Å². The predicted octanol–water partition coefficient (Wildman–Crippen LogP) is 2.09. The molecule has 0 radical (unpaired) electrons. The van der Waals surface area contributed by atoms with Gasteiger partial charge in [0.15, 0.2) is 0 Å². The average molecular weight is 330 g/mol. The van der Waals surface area contributed by atoms with Gasteiger partial charge in [-0.2, -0.15) is 13.2 Å². The molecule has 0 aromatic heterocycles. The van der Waals surface area contributed by atoms with Gasteiger partial charge in [0.2, 0.25) is 5.91 Å². The highest BCUT2D eigenvalue weighted by Crippen LogP contribution is 2.49. The molecule has 1 fully saturated rings. The first-order valence-corrected chi connectivity index (χ1v) is 7.56. The third-order valence-corrected chi connectivity index (χ3v) is 4.00. The number of carbonyl (C=O) groups excluding carboxylic acids is 1. The minimum atomic E-state index is -4.40. The van der Waals surface area contributed by atoms with Crippen molar-refractivity contribution in [3.8, 4) is 0 Å². The van der Waals surface area contributed by atoms with Gasteiger partial charge in [-0.25, -0.2) is 0 Å². The molecule has 1 aliphatic carbocycles. The van der Waals surface area contributed by atoms with Gasteiger partial charge in [-0.05, 0) is 24.5 Å². The molecule has 1 aliphatic rings. The Morgan fingerprint density at radius 2 is 2.00 bits per heavy atom. The van der Waals surface area contributed by atoms with Gasteiger partial charge in [0.25, 0.3) is 0 Å². The monoisotopic (exact) mass is 330 g/mol. The molecule has 1 aromatic rings. The van der Waals surface area contributed by atoms with Gasteiger partial charge in [-0.15, -0.1) is 0 Å². The summed E-state index contributed by atoms with van der Waals surface area (Å²) in [5, 5.41) is 5.89. The Morgan fingerprint density at radius 3 is 2.61 bits per heavy atom. The Kier molecular flexibility index (Phi) is 5.64. The molecular formula is C16H21F3N2O2. The molecule has 0 unspecified atom stereocenters. The summed E-state index contributed by atoms with van der Waals surface area (Å²) in [6.45, 7) is 2.30. The van der Waals surface area contributed by atoms with Crippen molar-refractivity contribution in [2.75, 3.05) is 33.4 Å². The van der Waals surface area contributed by atoms with Gasteiger partial charge in [-0.3, -0.25) is 4.79 Å². The Balaban J connectivity index is 1.93. The zero-order chi connectivity index (χ0) is 16.9. The van der Waals surface area contributed by atoms with Crippen LogP contribution in [0.15, 0.2) is 24.3 Å². The van der Waals surface area contributed by atoms with Crippen LogP contribution in [0, 0.1) is 0 Å². The van der Waals surface area contributed by atoms with Crippen molar-refractivity contribution >= 4 is 5.91 Å². The molecule has 1 aromatic carbocycles. The number of methoxy groups -OCH3 is 1. The molecule has 1 amide bonds. The number of carbonyl (C=O) groups is 1. The van der Waals surface area contributed by atoms with E-state index in [1.54, 1.807) is 13.2 Å². The van der Waals surface area contributed by atoms with E-state index < -0.39 is 17.2 Å². The summed E-state index contributed by atoms with van der Waals surface area (Å²) in [5.74, 6) is -0.203. The summed E-state index contributed by atoms with van der Waals surface area (Å²) in [7, 11) is 1.61. The molecule has 0 saturated heterocycles. The van der Waals surface area contributed by atoms with Crippen LogP contribution in [0.25, 0.3) is 0 Å². The van der Waals surface area contributed by atoms with Crippen molar-refractivity contribution in [3.05, 3.63) is 35.4 Å². The summed E-state index contributed by atoms with van der Waals surface area (Å²) in [4.78, 5) is 12.3. The van der Waals surface area contributed by atoms with Gasteiger partial charge in [-0.1, -0.05) is 18.2 Å². The lowest BCUT2D eigenvalue weighted by Gasteiger charge is -2.17. The van der Waals surface area contributed by atoms with E-state index in [0.717, 1.165) is 12.1 Å². The van der Waals surface area contributed by atoms with Crippen LogP contribution >= 0.6 is 0 Å². The third kappa shape index (κ3) is 4.45. The minimum Gasteiger partial charge on any atom is -0.383 e. The second-order valence-electron chi connectivity index (χ2n) is 5.66. The number of amides is 1. The summed E-state index contributed by atoms with van der Waals surface area (Å²) in [6, 6.07) is 5.07. The van der Waals surface area contributed by atoms with Crippen molar-refractivity contribution in [2.24, 2.45) is 0 Å². The van der Waals surface area contributed by atoms with E-state index in [1.807, 2.05) is 0 Å². The average Bonchev–Trinajstić information content (AvgIpc) is 3.32. The van der Waals surface area contributed by atoms with Gasteiger partial charge in [0, 0.05) is 26.7 Å². The fraction of sp³-hybridized carbons (Fsp3) is 0.562. The lowest BCUT2D eigenvalue weighted by Crippen LogP contribution is -2.39. The molecule has 7 heteroatoms. The van der Waals surface area contributed by atoms with Crippen LogP contribution in [0.4, 0.5) is 13.2 Å². The molecule has 0 spiro atoms. The maximum absolute atomic E-state index is 12.8. The van der Waals surface area contributed by atoms with Gasteiger partial charge < -0.3 is 15.4 Å². The van der Waals surface area contributed by atoms with Crippen LogP contribution in [0.5, 0.6) is 0 Å². The number of ether oxygens (including phenoxy) is 1. The van der Waals surface area contributed by atoms with Crippen LogP contribution in [0.3, 0.4) is 0 Å². The van der Waals surface area contributed by atoms with Crippen molar-refractivity contribution < 1.29 is 22.7 Å². The summed E-state index contributed by atoms with van der Waals surface area (Å²) in [6.07, 6.45) is -3.23. The third-order valence-electron chi connectivity index (χ3n) is 4.00. The Morgan fingerprint density at radius 1 is 1.26 bits per heavy atom. The van der Waals surface area contributed by atoms with Gasteiger partial charge in [0.05, 0.1) is 17.6 Å². The standard InChI is InChI=1S/C16H21F3N2O2/c1-23-10-9-20-7-8-21-14(22)15(5-6-15)12-3-2-4-13(11-12)16(17,18)19/h2-4,11,20H,5-10H2,1H3,(H,21,22). The fourth-order valence-electron chi connectivity index (χ4n) is 2.50. The predicted molar refractivity (Wildman–Crippen MR) is 80.1 cm³/mol. The normalized spacial score (nSPS) is 16.2. The van der Waals surface area contributed by atoms with E-state index in [1.165, 1.54) is 6.07 Å². The number of hydrogen-bond donors (Lipinski definition) is 2. The molecular weight excluding hydrogens is 309 g/mol. The van der Waals surface area contributed by atoms with Crippen LogP contribution < -0.4 is 10.6 Å². The maximum Gasteiger partial charge on any atom is 0.416 e. The molecule has 0 bridgehead atoms. The lowest BCUT2D eigenvalue weighted by atomic mass is 9.93. The second kappa shape index (κ2) is 7.31. The zero-order valence-corrected chi connectivity index (χ0v) is 13.0. The molecule has 2 N–H and O–H groups in total. The molecule has 4 nitrogen and oxygen atoms in total. The van der Waals surface area contributed by atoms with Crippen molar-refractivity contribution in [2.45, 2.75) is 24.4 Å². The lowest BCUT2D eigenvalue weighted by molar-refractivity contribution is -0.137. The second-order valence-corrected chi connectivity index (χ2v) is 5.66. The smallest absolute Gasteiger partial charge is 0.383 e. The highest BCUT2D eigenvalue weighted by atomic mass is 19.4. The number of benzene rings is 1. The van der Waals surface area contributed by atoms with E-state index in [-0.39, 0.29) is 5.91 Å². The Hall–Kier alpha value is -1.60. The highest BCUT2D eigenvalue weighted by molar-refractivity contribution is 5.91. The van der Waals surface area contributed by atoms with Crippen molar-refractivity contribution in [1.29, 1.82) is 0 Å². The number of halogens is 3. The molecule has 2 rings (SSSR count). The molecule has 0 heterocycles. The number of rotatable bonds is 8. The maximum atomic E-state index is 12.8. The van der Waals surface area contributed by atoms with E-state index in [2.05, 4.69) is 10.6 Å². The van der Waals surface area contributed by atoms with Gasteiger partial charge >= 0.3 is 6.18 Å². The minimum absolute atomic E-state index is 0.203. The Bertz CT molecular complexity index is 542. The zero-order valence-electron chi connectivity index (χ0n) is 13.0. The summed E-state index contributed by atoms with van der Waals surface area (Å²) < 4.78 is 43.3. The van der Waals surface area contributed by atoms with Crippen molar-refractivity contribution in [1.82, 2.24) is 10.6 Å². The van der Waals surface area contributed by atoms with Crippen LogP contribution in [0.2, 0.25) is 0 Å². The quantitative estimate of drug-likeness (QED) is 0.718. The topological polar surface area (TPSA) is 50.4 Å². The molecule has 128 valence electrons. The highest BCUT2D eigenvalue weighted by Gasteiger charge is 2.51. The first-order valence-electron chi connectivity index (χ1n) is 7.56. The SMILES string of the molecule is COCCNCCNC(=O)C1(c2cccc(C(F)(F)F)c2)CC1.